The van der Waals surface area contributed by atoms with E-state index in [9.17, 15) is 4.79 Å². The Balaban J connectivity index is 1.81. The molecule has 1 aromatic heterocycles. The lowest BCUT2D eigenvalue weighted by Crippen LogP contribution is -2.10. The number of nitrogens with zero attached hydrogens (tertiary/aromatic N) is 2. The lowest BCUT2D eigenvalue weighted by molar-refractivity contribution is 0.414. The molecule has 0 saturated heterocycles. The van der Waals surface area contributed by atoms with Crippen molar-refractivity contribution in [1.29, 1.82) is 0 Å². The van der Waals surface area contributed by atoms with Gasteiger partial charge in [-0.1, -0.05) is 12.1 Å². The van der Waals surface area contributed by atoms with Gasteiger partial charge < -0.3 is 9.47 Å². The molecular weight excluding hydrogens is 332 g/mol. The molecule has 3 aromatic rings. The van der Waals surface area contributed by atoms with Gasteiger partial charge in [0.25, 0.3) is 5.56 Å². The number of H-pyrrole nitrogens is 1. The third-order valence-corrected chi connectivity index (χ3v) is 3.64. The zero-order chi connectivity index (χ0) is 18.4. The summed E-state index contributed by atoms with van der Waals surface area (Å²) in [4.78, 5) is 18.9. The summed E-state index contributed by atoms with van der Waals surface area (Å²) in [5.74, 6) is 1.68. The van der Waals surface area contributed by atoms with E-state index >= 15 is 0 Å². The predicted molar refractivity (Wildman–Crippen MR) is 101 cm³/mol. The highest BCUT2D eigenvalue weighted by Crippen LogP contribution is 2.20. The SMILES string of the molecule is COc1ccc(-c2cc(=O)[nH]c(N/N=C\c3ccccc3OC)n2)cc1. The molecule has 2 aromatic carbocycles. The first-order valence-electron chi connectivity index (χ1n) is 7.87. The van der Waals surface area contributed by atoms with Gasteiger partial charge in [-0.05, 0) is 36.4 Å². The summed E-state index contributed by atoms with van der Waals surface area (Å²) in [5, 5.41) is 4.12. The highest BCUT2D eigenvalue weighted by molar-refractivity contribution is 5.83. The Morgan fingerprint density at radius 3 is 2.58 bits per heavy atom. The van der Waals surface area contributed by atoms with Gasteiger partial charge in [-0.25, -0.2) is 10.4 Å². The number of rotatable bonds is 6. The Labute approximate surface area is 150 Å². The molecule has 0 bridgehead atoms. The number of anilines is 1. The van der Waals surface area contributed by atoms with Crippen molar-refractivity contribution in [3.63, 3.8) is 0 Å². The summed E-state index contributed by atoms with van der Waals surface area (Å²) in [7, 11) is 3.19. The van der Waals surface area contributed by atoms with Crippen LogP contribution in [-0.4, -0.2) is 30.4 Å². The Morgan fingerprint density at radius 1 is 1.08 bits per heavy atom. The van der Waals surface area contributed by atoms with Crippen LogP contribution in [0.25, 0.3) is 11.3 Å². The minimum Gasteiger partial charge on any atom is -0.497 e. The first-order valence-corrected chi connectivity index (χ1v) is 7.87. The van der Waals surface area contributed by atoms with Crippen LogP contribution in [-0.2, 0) is 0 Å². The molecule has 0 aliphatic carbocycles. The molecule has 3 rings (SSSR count). The average molecular weight is 350 g/mol. The monoisotopic (exact) mass is 350 g/mol. The zero-order valence-corrected chi connectivity index (χ0v) is 14.4. The number of methoxy groups -OCH3 is 2. The molecule has 0 fully saturated rings. The van der Waals surface area contributed by atoms with E-state index in [0.29, 0.717) is 11.4 Å². The lowest BCUT2D eigenvalue weighted by Gasteiger charge is -2.06. The summed E-state index contributed by atoms with van der Waals surface area (Å²) in [6.07, 6.45) is 1.60. The van der Waals surface area contributed by atoms with Crippen molar-refractivity contribution in [2.45, 2.75) is 0 Å². The fraction of sp³-hybridized carbons (Fsp3) is 0.105. The van der Waals surface area contributed by atoms with Crippen molar-refractivity contribution in [1.82, 2.24) is 9.97 Å². The number of benzene rings is 2. The normalized spacial score (nSPS) is 10.7. The second-order valence-electron chi connectivity index (χ2n) is 5.32. The fourth-order valence-electron chi connectivity index (χ4n) is 2.36. The molecule has 0 amide bonds. The van der Waals surface area contributed by atoms with Crippen LogP contribution in [0.4, 0.5) is 5.95 Å². The molecule has 0 aliphatic rings. The van der Waals surface area contributed by atoms with Gasteiger partial charge in [-0.15, -0.1) is 0 Å². The molecule has 0 spiro atoms. The smallest absolute Gasteiger partial charge is 0.252 e. The molecule has 0 atom stereocenters. The molecule has 0 radical (unpaired) electrons. The second kappa shape index (κ2) is 7.98. The molecule has 7 nitrogen and oxygen atoms in total. The van der Waals surface area contributed by atoms with Crippen molar-refractivity contribution >= 4 is 12.2 Å². The number of para-hydroxylation sites is 1. The van der Waals surface area contributed by atoms with Gasteiger partial charge >= 0.3 is 0 Å². The van der Waals surface area contributed by atoms with Crippen molar-refractivity contribution < 1.29 is 9.47 Å². The first kappa shape index (κ1) is 17.2. The van der Waals surface area contributed by atoms with E-state index in [1.807, 2.05) is 48.5 Å². The van der Waals surface area contributed by atoms with Crippen molar-refractivity contribution in [3.05, 3.63) is 70.5 Å². The highest BCUT2D eigenvalue weighted by Gasteiger charge is 2.04. The van der Waals surface area contributed by atoms with Crippen LogP contribution >= 0.6 is 0 Å². The average Bonchev–Trinajstić information content (AvgIpc) is 2.68. The van der Waals surface area contributed by atoms with Crippen molar-refractivity contribution in [3.8, 4) is 22.8 Å². The minimum absolute atomic E-state index is 0.245. The van der Waals surface area contributed by atoms with Gasteiger partial charge in [-0.2, -0.15) is 5.10 Å². The van der Waals surface area contributed by atoms with Crippen molar-refractivity contribution in [2.75, 3.05) is 19.6 Å². The number of hydrogen-bond acceptors (Lipinski definition) is 6. The Kier molecular flexibility index (Phi) is 5.28. The quantitative estimate of drug-likeness (QED) is 0.527. The number of aromatic amines is 1. The maximum Gasteiger partial charge on any atom is 0.252 e. The number of hydrogen-bond donors (Lipinski definition) is 2. The summed E-state index contributed by atoms with van der Waals surface area (Å²) in [6.45, 7) is 0. The van der Waals surface area contributed by atoms with Crippen molar-refractivity contribution in [2.24, 2.45) is 5.10 Å². The largest absolute Gasteiger partial charge is 0.497 e. The Bertz CT molecular complexity index is 965. The molecule has 1 heterocycles. The lowest BCUT2D eigenvalue weighted by atomic mass is 10.1. The molecule has 7 heteroatoms. The van der Waals surface area contributed by atoms with Crippen LogP contribution in [0.15, 0.2) is 64.5 Å². The van der Waals surface area contributed by atoms with Crippen LogP contribution in [0.2, 0.25) is 0 Å². The standard InChI is InChI=1S/C19H18N4O3/c1-25-15-9-7-13(8-10-15)16-11-18(24)22-19(21-16)23-20-12-14-5-3-4-6-17(14)26-2/h3-12H,1-2H3,(H2,21,22,23,24)/b20-12-. The molecule has 26 heavy (non-hydrogen) atoms. The summed E-state index contributed by atoms with van der Waals surface area (Å²) < 4.78 is 10.4. The van der Waals surface area contributed by atoms with Crippen LogP contribution in [0.1, 0.15) is 5.56 Å². The first-order chi connectivity index (χ1) is 12.7. The molecule has 0 saturated carbocycles. The summed E-state index contributed by atoms with van der Waals surface area (Å²) >= 11 is 0. The highest BCUT2D eigenvalue weighted by atomic mass is 16.5. The molecular formula is C19H18N4O3. The van der Waals surface area contributed by atoms with E-state index in [0.717, 1.165) is 16.9 Å². The van der Waals surface area contributed by atoms with Gasteiger partial charge in [0, 0.05) is 17.2 Å². The fourth-order valence-corrected chi connectivity index (χ4v) is 2.36. The van der Waals surface area contributed by atoms with Gasteiger partial charge in [0.2, 0.25) is 5.95 Å². The Hall–Kier alpha value is -3.61. The zero-order valence-electron chi connectivity index (χ0n) is 14.4. The van der Waals surface area contributed by atoms with Crippen LogP contribution < -0.4 is 20.5 Å². The van der Waals surface area contributed by atoms with E-state index < -0.39 is 0 Å². The molecule has 0 aliphatic heterocycles. The van der Waals surface area contributed by atoms with E-state index in [1.54, 1.807) is 20.4 Å². The van der Waals surface area contributed by atoms with Gasteiger partial charge in [0.05, 0.1) is 26.1 Å². The third kappa shape index (κ3) is 4.07. The summed E-state index contributed by atoms with van der Waals surface area (Å²) in [6, 6.07) is 16.2. The van der Waals surface area contributed by atoms with Crippen LogP contribution in [0, 0.1) is 0 Å². The second-order valence-corrected chi connectivity index (χ2v) is 5.32. The van der Waals surface area contributed by atoms with Crippen LogP contribution in [0.3, 0.4) is 0 Å². The minimum atomic E-state index is -0.277. The Morgan fingerprint density at radius 2 is 1.85 bits per heavy atom. The van der Waals surface area contributed by atoms with E-state index in [1.165, 1.54) is 6.07 Å². The molecule has 132 valence electrons. The maximum absolute atomic E-state index is 11.9. The number of hydrazone groups is 1. The van der Waals surface area contributed by atoms with Gasteiger partial charge in [0.1, 0.15) is 11.5 Å². The maximum atomic E-state index is 11.9. The predicted octanol–water partition coefficient (Wildman–Crippen LogP) is 2.90. The molecule has 2 N–H and O–H groups in total. The van der Waals surface area contributed by atoms with E-state index in [4.69, 9.17) is 9.47 Å². The van der Waals surface area contributed by atoms with Gasteiger partial charge in [-0.3, -0.25) is 9.78 Å². The van der Waals surface area contributed by atoms with E-state index in [-0.39, 0.29) is 11.5 Å². The van der Waals surface area contributed by atoms with Crippen LogP contribution in [0.5, 0.6) is 11.5 Å². The third-order valence-electron chi connectivity index (χ3n) is 3.64. The number of nitrogens with one attached hydrogen (secondary N) is 2. The number of aromatic nitrogens is 2. The summed E-state index contributed by atoms with van der Waals surface area (Å²) in [5.41, 5.74) is 4.60. The molecule has 0 unspecified atom stereocenters. The topological polar surface area (TPSA) is 88.6 Å². The van der Waals surface area contributed by atoms with E-state index in [2.05, 4.69) is 20.5 Å². The van der Waals surface area contributed by atoms with Gasteiger partial charge in [0.15, 0.2) is 0 Å². The number of ether oxygens (including phenoxy) is 2.